The van der Waals surface area contributed by atoms with E-state index < -0.39 is 0 Å². The molecule has 1 fully saturated rings. The van der Waals surface area contributed by atoms with E-state index in [-0.39, 0.29) is 11.7 Å². The van der Waals surface area contributed by atoms with Crippen LogP contribution in [-0.2, 0) is 0 Å². The van der Waals surface area contributed by atoms with Gasteiger partial charge in [0.05, 0.1) is 0 Å². The van der Waals surface area contributed by atoms with Gasteiger partial charge in [-0.25, -0.2) is 0 Å². The van der Waals surface area contributed by atoms with E-state index in [1.807, 2.05) is 0 Å². The molecule has 0 saturated carbocycles. The Balaban J connectivity index is 1.82. The molecule has 1 saturated heterocycles. The average Bonchev–Trinajstić information content (AvgIpc) is 2.76. The Kier molecular flexibility index (Phi) is 4.42. The second kappa shape index (κ2) is 6.06. The standard InChI is InChI=1S/C13H23N5O/c1-3-18-6-4-10(5-7-18)8-15-13(19)11-9(2)16-17-12(11)14/h10H,3-8H2,1-2H3,(H,15,19)(H3,14,16,17). The Morgan fingerprint density at radius 2 is 2.21 bits per heavy atom. The lowest BCUT2D eigenvalue weighted by molar-refractivity contribution is 0.0937. The summed E-state index contributed by atoms with van der Waals surface area (Å²) in [4.78, 5) is 14.5. The smallest absolute Gasteiger partial charge is 0.256 e. The zero-order chi connectivity index (χ0) is 13.8. The molecule has 0 atom stereocenters. The zero-order valence-electron chi connectivity index (χ0n) is 11.7. The molecule has 19 heavy (non-hydrogen) atoms. The summed E-state index contributed by atoms with van der Waals surface area (Å²) < 4.78 is 0. The Labute approximate surface area is 113 Å². The summed E-state index contributed by atoms with van der Waals surface area (Å²) in [5.41, 5.74) is 6.87. The van der Waals surface area contributed by atoms with E-state index in [2.05, 4.69) is 27.3 Å². The van der Waals surface area contributed by atoms with Gasteiger partial charge in [0.2, 0.25) is 0 Å². The highest BCUT2D eigenvalue weighted by Gasteiger charge is 2.20. The van der Waals surface area contributed by atoms with E-state index in [4.69, 9.17) is 5.73 Å². The maximum absolute atomic E-state index is 12.0. The van der Waals surface area contributed by atoms with Crippen LogP contribution in [-0.4, -0.2) is 47.2 Å². The molecule has 1 aromatic heterocycles. The van der Waals surface area contributed by atoms with Crippen LogP contribution in [0.4, 0.5) is 5.82 Å². The average molecular weight is 265 g/mol. The molecule has 1 aliphatic heterocycles. The summed E-state index contributed by atoms with van der Waals surface area (Å²) in [5, 5.41) is 9.54. The van der Waals surface area contributed by atoms with Gasteiger partial charge in [0.1, 0.15) is 5.56 Å². The molecule has 2 heterocycles. The topological polar surface area (TPSA) is 87.0 Å². The lowest BCUT2D eigenvalue weighted by Crippen LogP contribution is -2.38. The number of hydrogen-bond acceptors (Lipinski definition) is 4. The number of aryl methyl sites for hydroxylation is 1. The fraction of sp³-hybridized carbons (Fsp3) is 0.692. The molecule has 1 aliphatic rings. The summed E-state index contributed by atoms with van der Waals surface area (Å²) >= 11 is 0. The van der Waals surface area contributed by atoms with Gasteiger partial charge in [0, 0.05) is 12.2 Å². The number of carbonyl (C=O) groups excluding carboxylic acids is 1. The number of rotatable bonds is 4. The number of piperidine rings is 1. The minimum atomic E-state index is -0.123. The Bertz CT molecular complexity index is 415. The molecule has 4 N–H and O–H groups in total. The van der Waals surface area contributed by atoms with E-state index in [1.54, 1.807) is 6.92 Å². The fourth-order valence-corrected chi connectivity index (χ4v) is 2.57. The minimum absolute atomic E-state index is 0.123. The van der Waals surface area contributed by atoms with Crippen molar-refractivity contribution in [2.45, 2.75) is 26.7 Å². The molecule has 0 bridgehead atoms. The number of hydrogen-bond donors (Lipinski definition) is 3. The lowest BCUT2D eigenvalue weighted by Gasteiger charge is -2.31. The summed E-state index contributed by atoms with van der Waals surface area (Å²) in [7, 11) is 0. The van der Waals surface area contributed by atoms with E-state index in [9.17, 15) is 4.79 Å². The molecular formula is C13H23N5O. The second-order valence-corrected chi connectivity index (χ2v) is 5.20. The van der Waals surface area contributed by atoms with Crippen molar-refractivity contribution in [2.75, 3.05) is 31.9 Å². The molecule has 0 aliphatic carbocycles. The van der Waals surface area contributed by atoms with Crippen LogP contribution in [0.1, 0.15) is 35.8 Å². The molecule has 0 aromatic carbocycles. The first kappa shape index (κ1) is 13.9. The number of nitrogens with one attached hydrogen (secondary N) is 2. The van der Waals surface area contributed by atoms with Gasteiger partial charge in [-0.1, -0.05) is 6.92 Å². The van der Waals surface area contributed by atoms with Crippen molar-refractivity contribution >= 4 is 11.7 Å². The van der Waals surface area contributed by atoms with Crippen molar-refractivity contribution in [1.29, 1.82) is 0 Å². The van der Waals surface area contributed by atoms with E-state index in [0.29, 0.717) is 11.5 Å². The molecule has 1 amide bonds. The number of nitrogen functional groups attached to an aromatic ring is 1. The molecule has 0 spiro atoms. The third-order valence-corrected chi connectivity index (χ3v) is 3.91. The zero-order valence-corrected chi connectivity index (χ0v) is 11.7. The highest BCUT2D eigenvalue weighted by Crippen LogP contribution is 2.17. The van der Waals surface area contributed by atoms with Crippen molar-refractivity contribution in [1.82, 2.24) is 20.4 Å². The number of nitrogens with zero attached hydrogens (tertiary/aromatic N) is 2. The van der Waals surface area contributed by atoms with Crippen LogP contribution in [0.3, 0.4) is 0 Å². The molecule has 106 valence electrons. The van der Waals surface area contributed by atoms with E-state index in [1.165, 1.54) is 0 Å². The van der Waals surface area contributed by atoms with E-state index in [0.717, 1.165) is 44.7 Å². The van der Waals surface area contributed by atoms with Crippen LogP contribution in [0, 0.1) is 12.8 Å². The van der Waals surface area contributed by atoms with Gasteiger partial charge in [0.15, 0.2) is 5.82 Å². The molecule has 6 heteroatoms. The Morgan fingerprint density at radius 1 is 1.53 bits per heavy atom. The molecule has 0 radical (unpaired) electrons. The van der Waals surface area contributed by atoms with Crippen LogP contribution in [0.25, 0.3) is 0 Å². The maximum atomic E-state index is 12.0. The largest absolute Gasteiger partial charge is 0.382 e. The number of aromatic nitrogens is 2. The normalized spacial score (nSPS) is 17.6. The quantitative estimate of drug-likeness (QED) is 0.750. The predicted molar refractivity (Wildman–Crippen MR) is 74.9 cm³/mol. The molecular weight excluding hydrogens is 242 g/mol. The predicted octanol–water partition coefficient (Wildman–Crippen LogP) is 0.762. The van der Waals surface area contributed by atoms with Gasteiger partial charge in [0.25, 0.3) is 5.91 Å². The fourth-order valence-electron chi connectivity index (χ4n) is 2.57. The third-order valence-electron chi connectivity index (χ3n) is 3.91. The lowest BCUT2D eigenvalue weighted by atomic mass is 9.97. The molecule has 1 aromatic rings. The van der Waals surface area contributed by atoms with Gasteiger partial charge in [-0.2, -0.15) is 5.10 Å². The van der Waals surface area contributed by atoms with Gasteiger partial charge in [-0.05, 0) is 45.3 Å². The van der Waals surface area contributed by atoms with Gasteiger partial charge in [-0.3, -0.25) is 9.89 Å². The van der Waals surface area contributed by atoms with Crippen LogP contribution < -0.4 is 11.1 Å². The van der Waals surface area contributed by atoms with Crippen LogP contribution >= 0.6 is 0 Å². The van der Waals surface area contributed by atoms with Crippen LogP contribution in [0.15, 0.2) is 0 Å². The van der Waals surface area contributed by atoms with Crippen LogP contribution in [0.2, 0.25) is 0 Å². The molecule has 6 nitrogen and oxygen atoms in total. The monoisotopic (exact) mass is 265 g/mol. The second-order valence-electron chi connectivity index (χ2n) is 5.20. The highest BCUT2D eigenvalue weighted by atomic mass is 16.1. The Hall–Kier alpha value is -1.56. The van der Waals surface area contributed by atoms with Gasteiger partial charge in [-0.15, -0.1) is 0 Å². The molecule has 0 unspecified atom stereocenters. The number of aromatic amines is 1. The summed E-state index contributed by atoms with van der Waals surface area (Å²) in [5.74, 6) is 0.720. The van der Waals surface area contributed by atoms with Crippen molar-refractivity contribution in [3.05, 3.63) is 11.3 Å². The van der Waals surface area contributed by atoms with Crippen molar-refractivity contribution in [2.24, 2.45) is 5.92 Å². The van der Waals surface area contributed by atoms with Gasteiger partial charge < -0.3 is 16.0 Å². The number of amides is 1. The first-order valence-electron chi connectivity index (χ1n) is 6.92. The van der Waals surface area contributed by atoms with E-state index >= 15 is 0 Å². The van der Waals surface area contributed by atoms with Crippen molar-refractivity contribution in [3.63, 3.8) is 0 Å². The summed E-state index contributed by atoms with van der Waals surface area (Å²) in [6.45, 7) is 8.09. The number of nitrogens with two attached hydrogens (primary N) is 1. The number of likely N-dealkylation sites (tertiary alicyclic amines) is 1. The maximum Gasteiger partial charge on any atom is 0.256 e. The third kappa shape index (κ3) is 3.26. The first-order valence-corrected chi connectivity index (χ1v) is 6.92. The number of carbonyl (C=O) groups is 1. The summed E-state index contributed by atoms with van der Waals surface area (Å²) in [6, 6.07) is 0. The number of anilines is 1. The first-order chi connectivity index (χ1) is 9.11. The van der Waals surface area contributed by atoms with Crippen molar-refractivity contribution < 1.29 is 4.79 Å². The van der Waals surface area contributed by atoms with Gasteiger partial charge >= 0.3 is 0 Å². The summed E-state index contributed by atoms with van der Waals surface area (Å²) in [6.07, 6.45) is 2.29. The van der Waals surface area contributed by atoms with Crippen LogP contribution in [0.5, 0.6) is 0 Å². The number of H-pyrrole nitrogens is 1. The SMILES string of the molecule is CCN1CCC(CNC(=O)c2c(N)n[nH]c2C)CC1. The minimum Gasteiger partial charge on any atom is -0.382 e. The Morgan fingerprint density at radius 3 is 2.74 bits per heavy atom. The molecule has 2 rings (SSSR count). The highest BCUT2D eigenvalue weighted by molar-refractivity contribution is 5.99. The van der Waals surface area contributed by atoms with Crippen molar-refractivity contribution in [3.8, 4) is 0 Å².